The fourth-order valence-electron chi connectivity index (χ4n) is 3.06. The standard InChI is InChI=1S/C19H25ClN6O2/c1-3-21-19(22-11-17(27)14-4-6-15(20)7-5-14)25-8-9-26(18(28)13-25)16-10-23-24(2)12-16/h4-7,10,12,17,27H,3,8-9,11,13H2,1-2H3,(H,21,22). The molecular formula is C19H25ClN6O2. The number of nitrogens with one attached hydrogen (secondary N) is 1. The molecule has 1 fully saturated rings. The van der Waals surface area contributed by atoms with Gasteiger partial charge in [-0.1, -0.05) is 23.7 Å². The van der Waals surface area contributed by atoms with Crippen LogP contribution >= 0.6 is 11.6 Å². The Morgan fingerprint density at radius 2 is 2.11 bits per heavy atom. The zero-order valence-corrected chi connectivity index (χ0v) is 16.8. The molecule has 0 bridgehead atoms. The number of carbonyl (C=O) groups is 1. The number of aryl methyl sites for hydroxylation is 1. The maximum Gasteiger partial charge on any atom is 0.246 e. The predicted molar refractivity (Wildman–Crippen MR) is 110 cm³/mol. The summed E-state index contributed by atoms with van der Waals surface area (Å²) >= 11 is 5.89. The van der Waals surface area contributed by atoms with Gasteiger partial charge in [-0.15, -0.1) is 0 Å². The van der Waals surface area contributed by atoms with Gasteiger partial charge in [-0.25, -0.2) is 0 Å². The van der Waals surface area contributed by atoms with E-state index in [1.165, 1.54) is 0 Å². The number of anilines is 1. The minimum Gasteiger partial charge on any atom is -0.386 e. The first-order valence-corrected chi connectivity index (χ1v) is 9.61. The number of aliphatic imine (C=N–C) groups is 1. The molecule has 2 N–H and O–H groups in total. The summed E-state index contributed by atoms with van der Waals surface area (Å²) in [7, 11) is 1.83. The number of nitrogens with zero attached hydrogens (tertiary/aromatic N) is 5. The van der Waals surface area contributed by atoms with Crippen LogP contribution in [0.3, 0.4) is 0 Å². The lowest BCUT2D eigenvalue weighted by Gasteiger charge is -2.35. The lowest BCUT2D eigenvalue weighted by atomic mass is 10.1. The largest absolute Gasteiger partial charge is 0.386 e. The molecule has 1 atom stereocenters. The fraction of sp³-hybridized carbons (Fsp3) is 0.421. The average molecular weight is 405 g/mol. The van der Waals surface area contributed by atoms with Crippen molar-refractivity contribution in [2.75, 3.05) is 37.6 Å². The van der Waals surface area contributed by atoms with Crippen LogP contribution in [0.25, 0.3) is 0 Å². The van der Waals surface area contributed by atoms with Crippen molar-refractivity contribution in [3.8, 4) is 0 Å². The molecule has 1 aliphatic rings. The van der Waals surface area contributed by atoms with Gasteiger partial charge in [0.15, 0.2) is 5.96 Å². The minimum absolute atomic E-state index is 0.0110. The van der Waals surface area contributed by atoms with Gasteiger partial charge in [0, 0.05) is 37.9 Å². The van der Waals surface area contributed by atoms with Crippen molar-refractivity contribution in [1.82, 2.24) is 20.0 Å². The van der Waals surface area contributed by atoms with E-state index in [4.69, 9.17) is 11.6 Å². The van der Waals surface area contributed by atoms with Crippen LogP contribution < -0.4 is 10.2 Å². The predicted octanol–water partition coefficient (Wildman–Crippen LogP) is 1.42. The number of carbonyl (C=O) groups excluding carboxylic acids is 1. The smallest absolute Gasteiger partial charge is 0.246 e. The van der Waals surface area contributed by atoms with Gasteiger partial charge in [-0.05, 0) is 24.6 Å². The van der Waals surface area contributed by atoms with Gasteiger partial charge < -0.3 is 20.2 Å². The third-order valence-electron chi connectivity index (χ3n) is 4.53. The van der Waals surface area contributed by atoms with E-state index in [0.29, 0.717) is 30.6 Å². The Bertz CT molecular complexity index is 835. The van der Waals surface area contributed by atoms with E-state index >= 15 is 0 Å². The van der Waals surface area contributed by atoms with Crippen LogP contribution in [0, 0.1) is 0 Å². The fourth-order valence-corrected chi connectivity index (χ4v) is 3.19. The maximum atomic E-state index is 12.6. The molecule has 0 saturated carbocycles. The molecule has 2 aromatic rings. The molecule has 1 amide bonds. The van der Waals surface area contributed by atoms with Crippen LogP contribution in [-0.2, 0) is 11.8 Å². The summed E-state index contributed by atoms with van der Waals surface area (Å²) in [4.78, 5) is 20.8. The molecule has 9 heteroatoms. The van der Waals surface area contributed by atoms with E-state index in [1.807, 2.05) is 25.1 Å². The Morgan fingerprint density at radius 1 is 1.36 bits per heavy atom. The topological polar surface area (TPSA) is 86.0 Å². The Labute approximate surface area is 169 Å². The molecule has 28 heavy (non-hydrogen) atoms. The number of halogens is 1. The van der Waals surface area contributed by atoms with Gasteiger partial charge in [0.1, 0.15) is 6.54 Å². The van der Waals surface area contributed by atoms with E-state index in [-0.39, 0.29) is 19.0 Å². The quantitative estimate of drug-likeness (QED) is 0.581. The van der Waals surface area contributed by atoms with Gasteiger partial charge >= 0.3 is 0 Å². The highest BCUT2D eigenvalue weighted by atomic mass is 35.5. The lowest BCUT2D eigenvalue weighted by molar-refractivity contribution is -0.120. The normalized spacial score (nSPS) is 16.4. The molecule has 1 saturated heterocycles. The monoisotopic (exact) mass is 404 g/mol. The first-order chi connectivity index (χ1) is 13.5. The first kappa shape index (κ1) is 20.2. The second-order valence-electron chi connectivity index (χ2n) is 6.60. The molecule has 3 rings (SSSR count). The zero-order chi connectivity index (χ0) is 20.1. The van der Waals surface area contributed by atoms with Crippen molar-refractivity contribution >= 4 is 29.2 Å². The van der Waals surface area contributed by atoms with Gasteiger partial charge in [-0.2, -0.15) is 5.10 Å². The second kappa shape index (κ2) is 9.07. The molecule has 1 aromatic carbocycles. The third-order valence-corrected chi connectivity index (χ3v) is 4.78. The second-order valence-corrected chi connectivity index (χ2v) is 7.04. The van der Waals surface area contributed by atoms with Crippen molar-refractivity contribution in [3.05, 3.63) is 47.2 Å². The van der Waals surface area contributed by atoms with E-state index in [1.54, 1.807) is 40.0 Å². The molecule has 1 aliphatic heterocycles. The number of hydrogen-bond donors (Lipinski definition) is 2. The number of aliphatic hydroxyl groups excluding tert-OH is 1. The highest BCUT2D eigenvalue weighted by molar-refractivity contribution is 6.30. The number of benzene rings is 1. The summed E-state index contributed by atoms with van der Waals surface area (Å²) in [6, 6.07) is 7.05. The van der Waals surface area contributed by atoms with Crippen LogP contribution in [0.1, 0.15) is 18.6 Å². The lowest BCUT2D eigenvalue weighted by Crippen LogP contribution is -2.55. The van der Waals surface area contributed by atoms with Gasteiger partial charge in [0.2, 0.25) is 5.91 Å². The van der Waals surface area contributed by atoms with Crippen LogP contribution in [-0.4, -0.2) is 64.4 Å². The molecule has 0 aliphatic carbocycles. The number of amides is 1. The summed E-state index contributed by atoms with van der Waals surface area (Å²) < 4.78 is 1.68. The van der Waals surface area contributed by atoms with Crippen LogP contribution in [0.5, 0.6) is 0 Å². The number of aliphatic hydroxyl groups is 1. The summed E-state index contributed by atoms with van der Waals surface area (Å²) in [5, 5.41) is 18.3. The summed E-state index contributed by atoms with van der Waals surface area (Å²) in [6.45, 7) is 4.25. The van der Waals surface area contributed by atoms with Crippen molar-refractivity contribution in [2.45, 2.75) is 13.0 Å². The Morgan fingerprint density at radius 3 is 2.71 bits per heavy atom. The van der Waals surface area contributed by atoms with E-state index in [0.717, 1.165) is 11.3 Å². The molecule has 2 heterocycles. The summed E-state index contributed by atoms with van der Waals surface area (Å²) in [6.07, 6.45) is 2.78. The molecule has 1 aromatic heterocycles. The number of aromatic nitrogens is 2. The van der Waals surface area contributed by atoms with Gasteiger partial charge in [-0.3, -0.25) is 14.5 Å². The first-order valence-electron chi connectivity index (χ1n) is 9.23. The Kier molecular flexibility index (Phi) is 6.53. The van der Waals surface area contributed by atoms with Crippen molar-refractivity contribution < 1.29 is 9.90 Å². The SMILES string of the molecule is CCNC(=NCC(O)c1ccc(Cl)cc1)N1CCN(c2cnn(C)c2)C(=O)C1. The summed E-state index contributed by atoms with van der Waals surface area (Å²) in [5.74, 6) is 0.609. The molecule has 0 spiro atoms. The van der Waals surface area contributed by atoms with E-state index < -0.39 is 6.10 Å². The molecule has 150 valence electrons. The van der Waals surface area contributed by atoms with Crippen molar-refractivity contribution in [2.24, 2.45) is 12.0 Å². The molecule has 8 nitrogen and oxygen atoms in total. The van der Waals surface area contributed by atoms with Gasteiger partial charge in [0.25, 0.3) is 0 Å². The van der Waals surface area contributed by atoms with Crippen LogP contribution in [0.2, 0.25) is 5.02 Å². The van der Waals surface area contributed by atoms with E-state index in [9.17, 15) is 9.90 Å². The maximum absolute atomic E-state index is 12.6. The van der Waals surface area contributed by atoms with Crippen molar-refractivity contribution in [3.63, 3.8) is 0 Å². The summed E-state index contributed by atoms with van der Waals surface area (Å²) in [5.41, 5.74) is 1.55. The van der Waals surface area contributed by atoms with Crippen LogP contribution in [0.15, 0.2) is 41.7 Å². The average Bonchev–Trinajstić information content (AvgIpc) is 3.11. The number of guanidine groups is 1. The molecule has 1 unspecified atom stereocenters. The zero-order valence-electron chi connectivity index (χ0n) is 16.0. The van der Waals surface area contributed by atoms with Crippen LogP contribution in [0.4, 0.5) is 5.69 Å². The van der Waals surface area contributed by atoms with Gasteiger partial charge in [0.05, 0.1) is 24.5 Å². The van der Waals surface area contributed by atoms with E-state index in [2.05, 4.69) is 15.4 Å². The Hall–Kier alpha value is -2.58. The minimum atomic E-state index is -0.738. The highest BCUT2D eigenvalue weighted by Crippen LogP contribution is 2.18. The third kappa shape index (κ3) is 4.82. The Balaban J connectivity index is 1.65. The number of hydrogen-bond acceptors (Lipinski definition) is 4. The highest BCUT2D eigenvalue weighted by Gasteiger charge is 2.27. The molecule has 0 radical (unpaired) electrons. The molecular weight excluding hydrogens is 380 g/mol. The number of piperazine rings is 1. The van der Waals surface area contributed by atoms with Crippen molar-refractivity contribution in [1.29, 1.82) is 0 Å². The number of rotatable bonds is 5.